The summed E-state index contributed by atoms with van der Waals surface area (Å²) in [5.74, 6) is 0.560. The Morgan fingerprint density at radius 1 is 1.12 bits per heavy atom. The SMILES string of the molecule is CC[C@H](NC)C(=O)N[C@H](C(=O)N1CC[C@H]2CCN(CCc3ccccc3)C[C@H]21)C(C)(C)C. The molecule has 3 rings (SSSR count). The Kier molecular flexibility index (Phi) is 8.34. The van der Waals surface area contributed by atoms with Crippen molar-refractivity contribution in [3.05, 3.63) is 35.9 Å². The Morgan fingerprint density at radius 2 is 1.81 bits per heavy atom. The maximum absolute atomic E-state index is 13.7. The van der Waals surface area contributed by atoms with Crippen molar-refractivity contribution in [2.24, 2.45) is 11.3 Å². The first-order valence-corrected chi connectivity index (χ1v) is 12.3. The summed E-state index contributed by atoms with van der Waals surface area (Å²) in [4.78, 5) is 31.1. The third-order valence-corrected chi connectivity index (χ3v) is 7.26. The summed E-state index contributed by atoms with van der Waals surface area (Å²) in [6.07, 6.45) is 3.95. The summed E-state index contributed by atoms with van der Waals surface area (Å²) in [5.41, 5.74) is 1.01. The Balaban J connectivity index is 1.66. The molecule has 0 spiro atoms. The topological polar surface area (TPSA) is 64.7 Å². The third-order valence-electron chi connectivity index (χ3n) is 7.26. The molecule has 0 radical (unpaired) electrons. The number of hydrogen-bond donors (Lipinski definition) is 2. The maximum atomic E-state index is 13.7. The predicted molar refractivity (Wildman–Crippen MR) is 129 cm³/mol. The quantitative estimate of drug-likeness (QED) is 0.650. The largest absolute Gasteiger partial charge is 0.342 e. The van der Waals surface area contributed by atoms with Crippen molar-refractivity contribution in [2.75, 3.05) is 33.2 Å². The molecule has 0 aromatic heterocycles. The summed E-state index contributed by atoms with van der Waals surface area (Å²) < 4.78 is 0. The van der Waals surface area contributed by atoms with E-state index in [1.165, 1.54) is 5.56 Å². The van der Waals surface area contributed by atoms with E-state index in [0.29, 0.717) is 12.3 Å². The molecule has 0 saturated carbocycles. The second kappa shape index (κ2) is 10.8. The first kappa shape index (κ1) is 24.7. The summed E-state index contributed by atoms with van der Waals surface area (Å²) in [5, 5.41) is 6.13. The number of fused-ring (bicyclic) bond motifs is 1. The molecular weight excluding hydrogens is 400 g/mol. The van der Waals surface area contributed by atoms with Crippen LogP contribution < -0.4 is 10.6 Å². The van der Waals surface area contributed by atoms with E-state index in [9.17, 15) is 9.59 Å². The van der Waals surface area contributed by atoms with Crippen molar-refractivity contribution >= 4 is 11.8 Å². The molecule has 4 atom stereocenters. The molecule has 1 aromatic rings. The minimum Gasteiger partial charge on any atom is -0.342 e. The molecule has 178 valence electrons. The standard InChI is InChI=1S/C26H42N4O2/c1-6-21(27-5)24(31)28-23(26(2,3)4)25(32)30-17-14-20-13-16-29(18-22(20)30)15-12-19-10-8-7-9-11-19/h7-11,20-23,27H,6,12-18H2,1-5H3,(H,28,31)/t20-,21+,22-,23-/m1/s1. The first-order chi connectivity index (χ1) is 15.2. The fourth-order valence-corrected chi connectivity index (χ4v) is 5.19. The summed E-state index contributed by atoms with van der Waals surface area (Å²) in [6, 6.07) is 10.1. The second-order valence-corrected chi connectivity index (χ2v) is 10.5. The van der Waals surface area contributed by atoms with Crippen LogP contribution in [0.2, 0.25) is 0 Å². The van der Waals surface area contributed by atoms with E-state index in [2.05, 4.69) is 50.8 Å². The number of rotatable bonds is 8. The van der Waals surface area contributed by atoms with E-state index >= 15 is 0 Å². The number of carbonyl (C=O) groups is 2. The maximum Gasteiger partial charge on any atom is 0.245 e. The zero-order chi connectivity index (χ0) is 23.3. The minimum absolute atomic E-state index is 0.0780. The molecule has 0 aliphatic carbocycles. The van der Waals surface area contributed by atoms with E-state index in [-0.39, 0.29) is 29.3 Å². The van der Waals surface area contributed by atoms with E-state index in [0.717, 1.165) is 45.4 Å². The van der Waals surface area contributed by atoms with E-state index in [1.54, 1.807) is 7.05 Å². The molecule has 32 heavy (non-hydrogen) atoms. The molecule has 6 nitrogen and oxygen atoms in total. The van der Waals surface area contributed by atoms with Gasteiger partial charge >= 0.3 is 0 Å². The summed E-state index contributed by atoms with van der Waals surface area (Å²) >= 11 is 0. The van der Waals surface area contributed by atoms with Crippen LogP contribution in [0.4, 0.5) is 0 Å². The van der Waals surface area contributed by atoms with Crippen molar-refractivity contribution in [1.82, 2.24) is 20.4 Å². The highest BCUT2D eigenvalue weighted by atomic mass is 16.2. The lowest BCUT2D eigenvalue weighted by Crippen LogP contribution is -2.60. The number of nitrogens with one attached hydrogen (secondary N) is 2. The number of hydrogen-bond acceptors (Lipinski definition) is 4. The Labute approximate surface area is 194 Å². The fraction of sp³-hybridized carbons (Fsp3) is 0.692. The van der Waals surface area contributed by atoms with Gasteiger partial charge in [-0.3, -0.25) is 9.59 Å². The molecule has 0 unspecified atom stereocenters. The summed E-state index contributed by atoms with van der Waals surface area (Å²) in [7, 11) is 1.79. The lowest BCUT2D eigenvalue weighted by atomic mass is 9.85. The highest BCUT2D eigenvalue weighted by Crippen LogP contribution is 2.34. The van der Waals surface area contributed by atoms with Crippen molar-refractivity contribution in [1.29, 1.82) is 0 Å². The molecule has 2 aliphatic heterocycles. The van der Waals surface area contributed by atoms with Gasteiger partial charge in [-0.15, -0.1) is 0 Å². The number of likely N-dealkylation sites (N-methyl/N-ethyl adjacent to an activating group) is 1. The highest BCUT2D eigenvalue weighted by Gasteiger charge is 2.45. The fourth-order valence-electron chi connectivity index (χ4n) is 5.19. The molecule has 2 saturated heterocycles. The third kappa shape index (κ3) is 5.90. The average Bonchev–Trinajstić information content (AvgIpc) is 3.19. The molecule has 2 amide bonds. The van der Waals surface area contributed by atoms with E-state index in [1.807, 2.05) is 27.7 Å². The number of nitrogens with zero attached hydrogens (tertiary/aromatic N) is 2. The second-order valence-electron chi connectivity index (χ2n) is 10.5. The average molecular weight is 443 g/mol. The molecule has 2 heterocycles. The Bertz CT molecular complexity index is 757. The molecule has 6 heteroatoms. The van der Waals surface area contributed by atoms with Crippen LogP contribution >= 0.6 is 0 Å². The van der Waals surface area contributed by atoms with E-state index in [4.69, 9.17) is 0 Å². The first-order valence-electron chi connectivity index (χ1n) is 12.3. The molecule has 2 aliphatic rings. The zero-order valence-corrected chi connectivity index (χ0v) is 20.6. The smallest absolute Gasteiger partial charge is 0.245 e. The predicted octanol–water partition coefficient (Wildman–Crippen LogP) is 2.68. The number of piperidine rings is 1. The lowest BCUT2D eigenvalue weighted by Gasteiger charge is -2.41. The van der Waals surface area contributed by atoms with Crippen LogP contribution in [0.5, 0.6) is 0 Å². The van der Waals surface area contributed by atoms with Gasteiger partial charge in [0, 0.05) is 25.7 Å². The van der Waals surface area contributed by atoms with Crippen LogP contribution in [0.15, 0.2) is 30.3 Å². The van der Waals surface area contributed by atoms with Crippen LogP contribution in [0, 0.1) is 11.3 Å². The molecule has 2 fully saturated rings. The van der Waals surface area contributed by atoms with Gasteiger partial charge in [-0.2, -0.15) is 0 Å². The molecule has 0 bridgehead atoms. The molecule has 1 aromatic carbocycles. The van der Waals surface area contributed by atoms with Gasteiger partial charge in [-0.25, -0.2) is 0 Å². The molecular formula is C26H42N4O2. The van der Waals surface area contributed by atoms with Gasteiger partial charge < -0.3 is 20.4 Å². The van der Waals surface area contributed by atoms with Crippen LogP contribution in [0.25, 0.3) is 0 Å². The van der Waals surface area contributed by atoms with Crippen LogP contribution in [0.1, 0.15) is 52.5 Å². The number of carbonyl (C=O) groups excluding carboxylic acids is 2. The van der Waals surface area contributed by atoms with Crippen molar-refractivity contribution in [2.45, 2.75) is 71.5 Å². The highest BCUT2D eigenvalue weighted by molar-refractivity contribution is 5.90. The minimum atomic E-state index is -0.518. The van der Waals surface area contributed by atoms with Gasteiger partial charge in [0.25, 0.3) is 0 Å². The van der Waals surface area contributed by atoms with Gasteiger partial charge in [-0.1, -0.05) is 58.0 Å². The van der Waals surface area contributed by atoms with Crippen LogP contribution in [0.3, 0.4) is 0 Å². The molecule has 2 N–H and O–H groups in total. The van der Waals surface area contributed by atoms with Gasteiger partial charge in [-0.05, 0) is 56.2 Å². The van der Waals surface area contributed by atoms with Crippen molar-refractivity contribution in [3.63, 3.8) is 0 Å². The van der Waals surface area contributed by atoms with Crippen molar-refractivity contribution in [3.8, 4) is 0 Å². The van der Waals surface area contributed by atoms with Crippen LogP contribution in [-0.4, -0.2) is 73.0 Å². The number of likely N-dealkylation sites (tertiary alicyclic amines) is 2. The Hall–Kier alpha value is -1.92. The van der Waals surface area contributed by atoms with Crippen LogP contribution in [-0.2, 0) is 16.0 Å². The van der Waals surface area contributed by atoms with Gasteiger partial charge in [0.05, 0.1) is 6.04 Å². The van der Waals surface area contributed by atoms with Gasteiger partial charge in [0.1, 0.15) is 6.04 Å². The monoisotopic (exact) mass is 442 g/mol. The normalized spacial score (nSPS) is 23.5. The van der Waals surface area contributed by atoms with E-state index < -0.39 is 6.04 Å². The Morgan fingerprint density at radius 3 is 2.44 bits per heavy atom. The zero-order valence-electron chi connectivity index (χ0n) is 20.6. The van der Waals surface area contributed by atoms with Gasteiger partial charge in [0.2, 0.25) is 11.8 Å². The number of benzene rings is 1. The van der Waals surface area contributed by atoms with Crippen molar-refractivity contribution < 1.29 is 9.59 Å². The lowest BCUT2D eigenvalue weighted by molar-refractivity contribution is -0.141. The summed E-state index contributed by atoms with van der Waals surface area (Å²) in [6.45, 7) is 12.0. The number of amides is 2. The van der Waals surface area contributed by atoms with Gasteiger partial charge in [0.15, 0.2) is 0 Å².